The first-order valence-corrected chi connectivity index (χ1v) is 5.99. The average molecular weight is 239 g/mol. The number of hydrogen-bond acceptors (Lipinski definition) is 3. The molecule has 5 heteroatoms. The minimum atomic E-state index is -0.249. The van der Waals surface area contributed by atoms with Crippen LogP contribution in [0.3, 0.4) is 0 Å². The second kappa shape index (κ2) is 6.39. The summed E-state index contributed by atoms with van der Waals surface area (Å²) in [6, 6.07) is 1.42. The molecule has 0 aliphatic heterocycles. The van der Waals surface area contributed by atoms with E-state index in [4.69, 9.17) is 0 Å². The minimum Gasteiger partial charge on any atom is -0.316 e. The summed E-state index contributed by atoms with van der Waals surface area (Å²) in [7, 11) is 1.65. The fourth-order valence-corrected chi connectivity index (χ4v) is 1.57. The van der Waals surface area contributed by atoms with Gasteiger partial charge in [0, 0.05) is 25.9 Å². The molecule has 0 amide bonds. The predicted octanol–water partition coefficient (Wildman–Crippen LogP) is 0.183. The fraction of sp³-hybridized carbons (Fsp3) is 0.667. The van der Waals surface area contributed by atoms with E-state index in [1.165, 1.54) is 21.4 Å². The lowest BCUT2D eigenvalue weighted by Crippen LogP contribution is -2.38. The molecule has 96 valence electrons. The van der Waals surface area contributed by atoms with E-state index >= 15 is 0 Å². The van der Waals surface area contributed by atoms with E-state index in [1.807, 2.05) is 0 Å². The van der Waals surface area contributed by atoms with Gasteiger partial charge in [0.1, 0.15) is 0 Å². The van der Waals surface area contributed by atoms with Crippen molar-refractivity contribution in [1.29, 1.82) is 0 Å². The van der Waals surface area contributed by atoms with Gasteiger partial charge in [-0.1, -0.05) is 13.8 Å². The zero-order chi connectivity index (χ0) is 12.8. The van der Waals surface area contributed by atoms with Gasteiger partial charge in [-0.05, 0) is 25.4 Å². The first kappa shape index (κ1) is 13.7. The summed E-state index contributed by atoms with van der Waals surface area (Å²) in [5.41, 5.74) is -0.474. The van der Waals surface area contributed by atoms with Gasteiger partial charge in [0.25, 0.3) is 5.56 Å². The number of nitrogens with zero attached hydrogens (tertiary/aromatic N) is 2. The maximum absolute atomic E-state index is 11.7. The predicted molar refractivity (Wildman–Crippen MR) is 68.3 cm³/mol. The van der Waals surface area contributed by atoms with Crippen molar-refractivity contribution in [2.45, 2.75) is 26.8 Å². The van der Waals surface area contributed by atoms with E-state index in [1.54, 1.807) is 7.05 Å². The topological polar surface area (TPSA) is 56.0 Å². The van der Waals surface area contributed by atoms with Crippen LogP contribution in [0.1, 0.15) is 20.3 Å². The van der Waals surface area contributed by atoms with Crippen LogP contribution in [0, 0.1) is 5.92 Å². The van der Waals surface area contributed by atoms with Crippen LogP contribution in [0.5, 0.6) is 0 Å². The number of hydrogen-bond donors (Lipinski definition) is 1. The van der Waals surface area contributed by atoms with Crippen molar-refractivity contribution < 1.29 is 0 Å². The van der Waals surface area contributed by atoms with Gasteiger partial charge >= 0.3 is 5.69 Å². The van der Waals surface area contributed by atoms with Crippen LogP contribution in [-0.4, -0.2) is 22.2 Å². The molecule has 0 aliphatic rings. The lowest BCUT2D eigenvalue weighted by Gasteiger charge is -2.08. The van der Waals surface area contributed by atoms with Gasteiger partial charge in [0.2, 0.25) is 0 Å². The third-order valence-corrected chi connectivity index (χ3v) is 2.53. The van der Waals surface area contributed by atoms with E-state index < -0.39 is 0 Å². The van der Waals surface area contributed by atoms with Crippen molar-refractivity contribution in [1.82, 2.24) is 14.5 Å². The fourth-order valence-electron chi connectivity index (χ4n) is 1.57. The molecule has 0 fully saturated rings. The zero-order valence-electron chi connectivity index (χ0n) is 10.8. The molecule has 1 N–H and O–H groups in total. The molecule has 1 heterocycles. The van der Waals surface area contributed by atoms with Crippen molar-refractivity contribution in [3.63, 3.8) is 0 Å². The molecular formula is C12H21N3O2. The van der Waals surface area contributed by atoms with E-state index in [0.29, 0.717) is 12.5 Å². The quantitative estimate of drug-likeness (QED) is 0.721. The molecule has 0 unspecified atom stereocenters. The minimum absolute atomic E-state index is 0.225. The molecule has 17 heavy (non-hydrogen) atoms. The summed E-state index contributed by atoms with van der Waals surface area (Å²) < 4.78 is 2.69. The Morgan fingerprint density at radius 1 is 1.35 bits per heavy atom. The van der Waals surface area contributed by atoms with Gasteiger partial charge < -0.3 is 9.88 Å². The molecule has 0 radical (unpaired) electrons. The molecule has 0 atom stereocenters. The van der Waals surface area contributed by atoms with Crippen LogP contribution < -0.4 is 16.6 Å². The van der Waals surface area contributed by atoms with Gasteiger partial charge in [-0.15, -0.1) is 0 Å². The molecule has 0 saturated carbocycles. The van der Waals surface area contributed by atoms with Crippen molar-refractivity contribution in [2.24, 2.45) is 13.0 Å². The van der Waals surface area contributed by atoms with Crippen molar-refractivity contribution >= 4 is 0 Å². The van der Waals surface area contributed by atoms with Crippen LogP contribution in [0.2, 0.25) is 0 Å². The largest absolute Gasteiger partial charge is 0.330 e. The second-order valence-electron chi connectivity index (χ2n) is 4.65. The van der Waals surface area contributed by atoms with Gasteiger partial charge in [-0.25, -0.2) is 4.79 Å². The summed E-state index contributed by atoms with van der Waals surface area (Å²) in [5.74, 6) is 0.613. The Morgan fingerprint density at radius 3 is 2.71 bits per heavy atom. The first-order valence-electron chi connectivity index (χ1n) is 5.99. The highest BCUT2D eigenvalue weighted by atomic mass is 16.2. The van der Waals surface area contributed by atoms with Crippen LogP contribution in [-0.2, 0) is 13.6 Å². The zero-order valence-corrected chi connectivity index (χ0v) is 10.8. The van der Waals surface area contributed by atoms with Gasteiger partial charge in [0.05, 0.1) is 0 Å². The number of aromatic nitrogens is 2. The molecule has 0 bridgehead atoms. The van der Waals surface area contributed by atoms with Crippen LogP contribution in [0.4, 0.5) is 0 Å². The van der Waals surface area contributed by atoms with Crippen LogP contribution in [0.15, 0.2) is 21.9 Å². The summed E-state index contributed by atoms with van der Waals surface area (Å²) in [5, 5.41) is 3.28. The van der Waals surface area contributed by atoms with E-state index in [-0.39, 0.29) is 11.2 Å². The number of nitrogens with one attached hydrogen (secondary N) is 1. The van der Waals surface area contributed by atoms with Crippen molar-refractivity contribution in [2.75, 3.05) is 13.1 Å². The molecule has 1 aromatic heterocycles. The van der Waals surface area contributed by atoms with Gasteiger partial charge in [0.15, 0.2) is 0 Å². The van der Waals surface area contributed by atoms with Crippen molar-refractivity contribution in [3.8, 4) is 0 Å². The van der Waals surface area contributed by atoms with Gasteiger partial charge in [-0.3, -0.25) is 9.36 Å². The summed E-state index contributed by atoms with van der Waals surface area (Å²) in [6.45, 7) is 6.54. The molecule has 0 aromatic carbocycles. The monoisotopic (exact) mass is 239 g/mol. The Bertz CT molecular complexity index is 460. The third-order valence-electron chi connectivity index (χ3n) is 2.53. The summed E-state index contributed by atoms with van der Waals surface area (Å²) >= 11 is 0. The number of aryl methyl sites for hydroxylation is 1. The maximum Gasteiger partial charge on any atom is 0.330 e. The van der Waals surface area contributed by atoms with Crippen LogP contribution >= 0.6 is 0 Å². The summed E-state index contributed by atoms with van der Waals surface area (Å²) in [6.07, 6.45) is 2.28. The standard InChI is InChI=1S/C12H21N3O2/c1-10(2)9-13-6-4-7-15-11(16)5-8-14(3)12(15)17/h5,8,10,13H,4,6-7,9H2,1-3H3. The SMILES string of the molecule is CC(C)CNCCCn1c(=O)ccn(C)c1=O. The van der Waals surface area contributed by atoms with Crippen LogP contribution in [0.25, 0.3) is 0 Å². The Hall–Kier alpha value is -1.36. The smallest absolute Gasteiger partial charge is 0.316 e. The highest BCUT2D eigenvalue weighted by molar-refractivity contribution is 4.85. The first-order chi connectivity index (χ1) is 8.02. The average Bonchev–Trinajstić information content (AvgIpc) is 2.27. The highest BCUT2D eigenvalue weighted by Gasteiger charge is 2.02. The lowest BCUT2D eigenvalue weighted by molar-refractivity contribution is 0.503. The third kappa shape index (κ3) is 4.19. The Kier molecular flexibility index (Phi) is 5.15. The Balaban J connectivity index is 2.50. The van der Waals surface area contributed by atoms with E-state index in [0.717, 1.165) is 19.5 Å². The molecule has 0 saturated heterocycles. The highest BCUT2D eigenvalue weighted by Crippen LogP contribution is 1.88. The second-order valence-corrected chi connectivity index (χ2v) is 4.65. The normalized spacial score (nSPS) is 11.1. The lowest BCUT2D eigenvalue weighted by atomic mass is 10.2. The molecule has 0 spiro atoms. The molecule has 1 aromatic rings. The number of rotatable bonds is 6. The Morgan fingerprint density at radius 2 is 2.06 bits per heavy atom. The van der Waals surface area contributed by atoms with Gasteiger partial charge in [-0.2, -0.15) is 0 Å². The molecule has 0 aliphatic carbocycles. The van der Waals surface area contributed by atoms with Crippen molar-refractivity contribution in [3.05, 3.63) is 33.1 Å². The maximum atomic E-state index is 11.7. The summed E-state index contributed by atoms with van der Waals surface area (Å²) in [4.78, 5) is 23.2. The molecule has 5 nitrogen and oxygen atoms in total. The van der Waals surface area contributed by atoms with E-state index in [2.05, 4.69) is 19.2 Å². The molecular weight excluding hydrogens is 218 g/mol. The molecule has 1 rings (SSSR count). The van der Waals surface area contributed by atoms with E-state index in [9.17, 15) is 9.59 Å². The Labute approximate surface area is 101 Å².